The van der Waals surface area contributed by atoms with Gasteiger partial charge < -0.3 is 9.73 Å². The summed E-state index contributed by atoms with van der Waals surface area (Å²) < 4.78 is 17.3. The zero-order valence-electron chi connectivity index (χ0n) is 11.4. The Kier molecular flexibility index (Phi) is 4.95. The molecule has 1 rings (SSSR count). The van der Waals surface area contributed by atoms with Crippen LogP contribution in [0.2, 0.25) is 0 Å². The summed E-state index contributed by atoms with van der Waals surface area (Å²) >= 11 is 0. The van der Waals surface area contributed by atoms with E-state index in [0.717, 1.165) is 11.5 Å². The van der Waals surface area contributed by atoms with E-state index in [4.69, 9.17) is 4.42 Å². The smallest absolute Gasteiger partial charge is 0.118 e. The Labute approximate surface area is 106 Å². The van der Waals surface area contributed by atoms with Crippen LogP contribution >= 0.6 is 0 Å². The van der Waals surface area contributed by atoms with Crippen LogP contribution < -0.4 is 5.32 Å². The third-order valence-electron chi connectivity index (χ3n) is 2.32. The average molecular weight is 257 g/mol. The molecule has 1 aromatic heterocycles. The van der Waals surface area contributed by atoms with Gasteiger partial charge in [-0.05, 0) is 32.9 Å². The Morgan fingerprint density at radius 3 is 2.41 bits per heavy atom. The second-order valence-electron chi connectivity index (χ2n) is 5.55. The lowest BCUT2D eigenvalue weighted by Crippen LogP contribution is -2.34. The molecule has 0 bridgehead atoms. The summed E-state index contributed by atoms with van der Waals surface area (Å²) in [5, 5.41) is 3.54. The zero-order chi connectivity index (χ0) is 13.1. The van der Waals surface area contributed by atoms with E-state index >= 15 is 0 Å². The molecule has 17 heavy (non-hydrogen) atoms. The molecule has 0 saturated carbocycles. The lowest BCUT2D eigenvalue weighted by atomic mass is 10.1. The molecule has 0 saturated heterocycles. The van der Waals surface area contributed by atoms with Crippen LogP contribution in [0.1, 0.15) is 46.1 Å². The molecule has 0 aliphatic heterocycles. The van der Waals surface area contributed by atoms with Gasteiger partial charge in [0.1, 0.15) is 11.5 Å². The van der Waals surface area contributed by atoms with Crippen molar-refractivity contribution in [1.29, 1.82) is 0 Å². The van der Waals surface area contributed by atoms with Gasteiger partial charge in [-0.15, -0.1) is 0 Å². The summed E-state index contributed by atoms with van der Waals surface area (Å²) in [5.41, 5.74) is 0.0771. The third-order valence-corrected chi connectivity index (χ3v) is 3.94. The molecule has 1 N–H and O–H groups in total. The summed E-state index contributed by atoms with van der Waals surface area (Å²) in [6.45, 7) is 11.0. The summed E-state index contributed by atoms with van der Waals surface area (Å²) in [6, 6.07) is 3.87. The standard InChI is InChI=1S/C13H23NO2S/c1-10(2)17(15)9-12-7-6-11(16-12)8-14-13(3,4)5/h6-7,10,14H,8-9H2,1-5H3. The number of hydrogen-bond donors (Lipinski definition) is 1. The van der Waals surface area contributed by atoms with Gasteiger partial charge in [0.15, 0.2) is 0 Å². The highest BCUT2D eigenvalue weighted by Gasteiger charge is 2.12. The minimum atomic E-state index is -0.845. The van der Waals surface area contributed by atoms with E-state index in [9.17, 15) is 4.21 Å². The minimum absolute atomic E-state index is 0.0771. The molecule has 0 aliphatic rings. The van der Waals surface area contributed by atoms with Gasteiger partial charge >= 0.3 is 0 Å². The lowest BCUT2D eigenvalue weighted by molar-refractivity contribution is 0.382. The highest BCUT2D eigenvalue weighted by molar-refractivity contribution is 7.84. The van der Waals surface area contributed by atoms with Crippen molar-refractivity contribution in [3.63, 3.8) is 0 Å². The molecule has 1 heterocycles. The van der Waals surface area contributed by atoms with Gasteiger partial charge in [0.2, 0.25) is 0 Å². The van der Waals surface area contributed by atoms with Crippen LogP contribution in [0.15, 0.2) is 16.5 Å². The first-order valence-corrected chi connectivity index (χ1v) is 7.36. The first kappa shape index (κ1) is 14.5. The van der Waals surface area contributed by atoms with Gasteiger partial charge in [-0.25, -0.2) is 0 Å². The van der Waals surface area contributed by atoms with Gasteiger partial charge in [0, 0.05) is 21.6 Å². The van der Waals surface area contributed by atoms with Gasteiger partial charge in [-0.1, -0.05) is 13.8 Å². The summed E-state index contributed by atoms with van der Waals surface area (Å²) in [5.74, 6) is 2.21. The van der Waals surface area contributed by atoms with Crippen LogP contribution in [-0.2, 0) is 23.1 Å². The molecule has 0 aromatic carbocycles. The Morgan fingerprint density at radius 1 is 1.29 bits per heavy atom. The first-order valence-electron chi connectivity index (χ1n) is 5.98. The quantitative estimate of drug-likeness (QED) is 0.882. The van der Waals surface area contributed by atoms with E-state index in [0.29, 0.717) is 12.3 Å². The molecule has 4 heteroatoms. The van der Waals surface area contributed by atoms with E-state index in [1.165, 1.54) is 0 Å². The number of rotatable bonds is 5. The Morgan fingerprint density at radius 2 is 1.88 bits per heavy atom. The molecule has 3 nitrogen and oxygen atoms in total. The van der Waals surface area contributed by atoms with Crippen LogP contribution in [0, 0.1) is 0 Å². The van der Waals surface area contributed by atoms with Crippen LogP contribution in [0.25, 0.3) is 0 Å². The number of hydrogen-bond acceptors (Lipinski definition) is 3. The van der Waals surface area contributed by atoms with Crippen LogP contribution in [0.5, 0.6) is 0 Å². The molecule has 1 atom stereocenters. The van der Waals surface area contributed by atoms with Gasteiger partial charge in [-0.3, -0.25) is 4.21 Å². The molecule has 1 aromatic rings. The van der Waals surface area contributed by atoms with Gasteiger partial charge in [0.25, 0.3) is 0 Å². The van der Waals surface area contributed by atoms with E-state index < -0.39 is 10.8 Å². The average Bonchev–Trinajstić information content (AvgIpc) is 2.61. The Bertz CT molecular complexity index is 377. The van der Waals surface area contributed by atoms with Gasteiger partial charge in [-0.2, -0.15) is 0 Å². The zero-order valence-corrected chi connectivity index (χ0v) is 12.2. The third kappa shape index (κ3) is 5.50. The molecule has 1 unspecified atom stereocenters. The highest BCUT2D eigenvalue weighted by atomic mass is 32.2. The van der Waals surface area contributed by atoms with E-state index in [-0.39, 0.29) is 10.8 Å². The summed E-state index contributed by atoms with van der Waals surface area (Å²) in [4.78, 5) is 0. The van der Waals surface area contributed by atoms with Gasteiger partial charge in [0.05, 0.1) is 12.3 Å². The Hall–Kier alpha value is -0.610. The van der Waals surface area contributed by atoms with Crippen LogP contribution in [-0.4, -0.2) is 15.0 Å². The fraction of sp³-hybridized carbons (Fsp3) is 0.692. The van der Waals surface area contributed by atoms with Crippen molar-refractivity contribution in [3.05, 3.63) is 23.7 Å². The van der Waals surface area contributed by atoms with Crippen LogP contribution in [0.4, 0.5) is 0 Å². The maximum absolute atomic E-state index is 11.7. The summed E-state index contributed by atoms with van der Waals surface area (Å²) in [7, 11) is -0.845. The van der Waals surface area contributed by atoms with E-state index in [2.05, 4.69) is 26.1 Å². The molecule has 0 fully saturated rings. The van der Waals surface area contributed by atoms with E-state index in [1.54, 1.807) is 0 Å². The maximum Gasteiger partial charge on any atom is 0.118 e. The maximum atomic E-state index is 11.7. The summed E-state index contributed by atoms with van der Waals surface area (Å²) in [6.07, 6.45) is 0. The van der Waals surface area contributed by atoms with Crippen LogP contribution in [0.3, 0.4) is 0 Å². The number of nitrogens with one attached hydrogen (secondary N) is 1. The predicted octanol–water partition coefficient (Wildman–Crippen LogP) is 2.82. The molecule has 98 valence electrons. The fourth-order valence-electron chi connectivity index (χ4n) is 1.25. The Balaban J connectivity index is 2.51. The second-order valence-corrected chi connectivity index (χ2v) is 7.54. The van der Waals surface area contributed by atoms with Crippen molar-refractivity contribution in [2.24, 2.45) is 0 Å². The molecular weight excluding hydrogens is 234 g/mol. The van der Waals surface area contributed by atoms with Crippen molar-refractivity contribution in [2.45, 2.75) is 57.7 Å². The SMILES string of the molecule is CC(C)S(=O)Cc1ccc(CNC(C)(C)C)o1. The van der Waals surface area contributed by atoms with Crippen molar-refractivity contribution >= 4 is 10.8 Å². The topological polar surface area (TPSA) is 42.2 Å². The fourth-order valence-corrected chi connectivity index (χ4v) is 2.02. The predicted molar refractivity (Wildman–Crippen MR) is 72.3 cm³/mol. The molecule has 0 spiro atoms. The highest BCUT2D eigenvalue weighted by Crippen LogP contribution is 2.13. The second kappa shape index (κ2) is 5.83. The van der Waals surface area contributed by atoms with Crippen molar-refractivity contribution in [2.75, 3.05) is 0 Å². The molecule has 0 aliphatic carbocycles. The van der Waals surface area contributed by atoms with E-state index in [1.807, 2.05) is 26.0 Å². The first-order chi connectivity index (χ1) is 7.78. The minimum Gasteiger partial charge on any atom is -0.464 e. The lowest BCUT2D eigenvalue weighted by Gasteiger charge is -2.19. The molecular formula is C13H23NO2S. The van der Waals surface area contributed by atoms with Crippen molar-refractivity contribution in [3.8, 4) is 0 Å². The molecule has 0 amide bonds. The number of furan rings is 1. The molecule has 0 radical (unpaired) electrons. The largest absolute Gasteiger partial charge is 0.464 e. The monoisotopic (exact) mass is 257 g/mol. The normalized spacial score (nSPS) is 14.2. The van der Waals surface area contributed by atoms with Crippen molar-refractivity contribution in [1.82, 2.24) is 5.32 Å². The van der Waals surface area contributed by atoms with Crippen molar-refractivity contribution < 1.29 is 8.63 Å².